The summed E-state index contributed by atoms with van der Waals surface area (Å²) in [6.45, 7) is 11.3. The van der Waals surface area contributed by atoms with Gasteiger partial charge in [0.05, 0.1) is 19.3 Å². The van der Waals surface area contributed by atoms with Crippen LogP contribution in [0.25, 0.3) is 0 Å². The first-order chi connectivity index (χ1) is 10.3. The Bertz CT molecular complexity index is 506. The molecule has 0 spiro atoms. The molecule has 1 atom stereocenters. The number of nitrogens with one attached hydrogen (secondary N) is 1. The maximum absolute atomic E-state index is 5.87. The highest BCUT2D eigenvalue weighted by Crippen LogP contribution is 2.15. The molecule has 1 aliphatic rings. The monoisotopic (exact) mass is 305 g/mol. The second-order valence-corrected chi connectivity index (χ2v) is 6.73. The molecule has 1 unspecified atom stereocenters. The first-order valence-corrected chi connectivity index (χ1v) is 7.73. The van der Waals surface area contributed by atoms with E-state index in [0.717, 1.165) is 31.1 Å². The summed E-state index contributed by atoms with van der Waals surface area (Å²) >= 11 is 0. The van der Waals surface area contributed by atoms with E-state index in [4.69, 9.17) is 10.5 Å². The van der Waals surface area contributed by atoms with Crippen LogP contribution in [0.1, 0.15) is 33.3 Å². The van der Waals surface area contributed by atoms with Crippen molar-refractivity contribution in [2.45, 2.75) is 45.9 Å². The summed E-state index contributed by atoms with van der Waals surface area (Å²) in [6, 6.07) is 4.09. The van der Waals surface area contributed by atoms with Gasteiger partial charge >= 0.3 is 0 Å². The predicted molar refractivity (Wildman–Crippen MR) is 90.1 cm³/mol. The fourth-order valence-corrected chi connectivity index (χ4v) is 2.32. The fourth-order valence-electron chi connectivity index (χ4n) is 2.32. The Kier molecular flexibility index (Phi) is 5.24. The van der Waals surface area contributed by atoms with Crippen molar-refractivity contribution in [2.24, 2.45) is 10.7 Å². The van der Waals surface area contributed by atoms with E-state index in [1.807, 2.05) is 12.3 Å². The molecule has 2 heterocycles. The lowest BCUT2D eigenvalue weighted by atomic mass is 10.1. The summed E-state index contributed by atoms with van der Waals surface area (Å²) in [5.41, 5.74) is 6.83. The minimum Gasteiger partial charge on any atom is -0.375 e. The molecule has 22 heavy (non-hydrogen) atoms. The Morgan fingerprint density at radius 2 is 2.27 bits per heavy atom. The van der Waals surface area contributed by atoms with Crippen LogP contribution in [0, 0.1) is 0 Å². The van der Waals surface area contributed by atoms with Crippen LogP contribution in [0.5, 0.6) is 0 Å². The quantitative estimate of drug-likeness (QED) is 0.654. The van der Waals surface area contributed by atoms with Crippen LogP contribution in [0.3, 0.4) is 0 Å². The van der Waals surface area contributed by atoms with E-state index in [1.165, 1.54) is 0 Å². The molecular formula is C16H27N5O. The zero-order chi connectivity index (χ0) is 16.2. The number of hydrogen-bond acceptors (Lipinski definition) is 4. The van der Waals surface area contributed by atoms with E-state index in [0.29, 0.717) is 12.5 Å². The average Bonchev–Trinajstić information content (AvgIpc) is 2.44. The molecule has 0 radical (unpaired) electrons. The third kappa shape index (κ3) is 5.18. The van der Waals surface area contributed by atoms with Crippen molar-refractivity contribution in [2.75, 3.05) is 24.6 Å². The number of hydrogen-bond donors (Lipinski definition) is 2. The molecule has 0 aliphatic carbocycles. The molecule has 0 saturated carbocycles. The van der Waals surface area contributed by atoms with Gasteiger partial charge in [-0.2, -0.15) is 0 Å². The number of morpholine rings is 1. The van der Waals surface area contributed by atoms with Gasteiger partial charge in [0.2, 0.25) is 0 Å². The highest BCUT2D eigenvalue weighted by molar-refractivity contribution is 5.78. The molecule has 0 bridgehead atoms. The smallest absolute Gasteiger partial charge is 0.189 e. The first-order valence-electron chi connectivity index (χ1n) is 7.73. The second kappa shape index (κ2) is 6.96. The van der Waals surface area contributed by atoms with Gasteiger partial charge in [0, 0.05) is 24.8 Å². The summed E-state index contributed by atoms with van der Waals surface area (Å²) in [4.78, 5) is 11.1. The van der Waals surface area contributed by atoms with Gasteiger partial charge in [-0.3, -0.25) is 0 Å². The molecule has 2 rings (SSSR count). The van der Waals surface area contributed by atoms with Gasteiger partial charge in [0.25, 0.3) is 0 Å². The number of nitrogens with zero attached hydrogens (tertiary/aromatic N) is 3. The SMILES string of the molecule is CC1CN(c2ccc(CN=C(N)NC(C)(C)C)cn2)CCO1. The number of ether oxygens (including phenoxy) is 1. The van der Waals surface area contributed by atoms with Crippen molar-refractivity contribution < 1.29 is 4.74 Å². The third-order valence-electron chi connectivity index (χ3n) is 3.31. The van der Waals surface area contributed by atoms with Gasteiger partial charge in [-0.05, 0) is 39.3 Å². The first kappa shape index (κ1) is 16.5. The normalized spacial score (nSPS) is 20.1. The predicted octanol–water partition coefficient (Wildman–Crippen LogP) is 1.51. The van der Waals surface area contributed by atoms with Crippen molar-refractivity contribution in [3.8, 4) is 0 Å². The van der Waals surface area contributed by atoms with Crippen LogP contribution >= 0.6 is 0 Å². The van der Waals surface area contributed by atoms with Gasteiger partial charge in [-0.25, -0.2) is 9.98 Å². The van der Waals surface area contributed by atoms with Crippen molar-refractivity contribution in [3.63, 3.8) is 0 Å². The van der Waals surface area contributed by atoms with Gasteiger partial charge in [-0.15, -0.1) is 0 Å². The molecule has 6 heteroatoms. The van der Waals surface area contributed by atoms with Crippen molar-refractivity contribution in [3.05, 3.63) is 23.9 Å². The van der Waals surface area contributed by atoms with Gasteiger partial charge in [-0.1, -0.05) is 6.07 Å². The Balaban J connectivity index is 1.93. The van der Waals surface area contributed by atoms with Crippen LogP contribution in [-0.2, 0) is 11.3 Å². The zero-order valence-electron chi connectivity index (χ0n) is 14.0. The standard InChI is InChI=1S/C16H27N5O/c1-12-11-21(7-8-22-12)14-6-5-13(9-18-14)10-19-15(17)20-16(2,3)4/h5-6,9,12H,7-8,10-11H2,1-4H3,(H3,17,19,20). The summed E-state index contributed by atoms with van der Waals surface area (Å²) in [5.74, 6) is 1.45. The number of nitrogens with two attached hydrogens (primary N) is 1. The third-order valence-corrected chi connectivity index (χ3v) is 3.31. The number of guanidine groups is 1. The topological polar surface area (TPSA) is 75.8 Å². The molecule has 6 nitrogen and oxygen atoms in total. The Hall–Kier alpha value is -1.82. The van der Waals surface area contributed by atoms with Crippen LogP contribution in [-0.4, -0.2) is 42.3 Å². The van der Waals surface area contributed by atoms with Crippen LogP contribution in [0.15, 0.2) is 23.3 Å². The van der Waals surface area contributed by atoms with E-state index in [1.54, 1.807) is 0 Å². The van der Waals surface area contributed by atoms with Crippen LogP contribution in [0.2, 0.25) is 0 Å². The summed E-state index contributed by atoms with van der Waals surface area (Å²) in [5, 5.41) is 3.14. The summed E-state index contributed by atoms with van der Waals surface area (Å²) in [7, 11) is 0. The van der Waals surface area contributed by atoms with Crippen molar-refractivity contribution in [1.82, 2.24) is 10.3 Å². The van der Waals surface area contributed by atoms with Crippen molar-refractivity contribution >= 4 is 11.8 Å². The number of aromatic nitrogens is 1. The maximum Gasteiger partial charge on any atom is 0.189 e. The maximum atomic E-state index is 5.87. The minimum atomic E-state index is -0.0806. The van der Waals surface area contributed by atoms with E-state index in [9.17, 15) is 0 Å². The number of aliphatic imine (C=N–C) groups is 1. The van der Waals surface area contributed by atoms with E-state index in [-0.39, 0.29) is 11.6 Å². The highest BCUT2D eigenvalue weighted by Gasteiger charge is 2.17. The number of rotatable bonds is 3. The van der Waals surface area contributed by atoms with Gasteiger partial charge < -0.3 is 20.7 Å². The van der Waals surface area contributed by atoms with Crippen LogP contribution < -0.4 is 16.0 Å². The lowest BCUT2D eigenvalue weighted by molar-refractivity contribution is 0.0529. The molecule has 0 amide bonds. The van der Waals surface area contributed by atoms with Crippen LogP contribution in [0.4, 0.5) is 5.82 Å². The minimum absolute atomic E-state index is 0.0806. The Labute approximate surface area is 132 Å². The van der Waals surface area contributed by atoms with E-state index in [2.05, 4.69) is 54.0 Å². The largest absolute Gasteiger partial charge is 0.375 e. The molecule has 3 N–H and O–H groups in total. The Morgan fingerprint density at radius 3 is 2.86 bits per heavy atom. The fraction of sp³-hybridized carbons (Fsp3) is 0.625. The lowest BCUT2D eigenvalue weighted by Crippen LogP contribution is -2.44. The Morgan fingerprint density at radius 1 is 1.50 bits per heavy atom. The molecular weight excluding hydrogens is 278 g/mol. The van der Waals surface area contributed by atoms with Crippen molar-refractivity contribution in [1.29, 1.82) is 0 Å². The van der Waals surface area contributed by atoms with Gasteiger partial charge in [0.1, 0.15) is 5.82 Å². The molecule has 0 aromatic carbocycles. The molecule has 1 fully saturated rings. The highest BCUT2D eigenvalue weighted by atomic mass is 16.5. The van der Waals surface area contributed by atoms with Gasteiger partial charge in [0.15, 0.2) is 5.96 Å². The molecule has 1 aromatic rings. The molecule has 1 saturated heterocycles. The molecule has 122 valence electrons. The molecule has 1 aliphatic heterocycles. The number of anilines is 1. The van der Waals surface area contributed by atoms with E-state index < -0.39 is 0 Å². The summed E-state index contributed by atoms with van der Waals surface area (Å²) < 4.78 is 5.55. The lowest BCUT2D eigenvalue weighted by Gasteiger charge is -2.32. The number of pyridine rings is 1. The summed E-state index contributed by atoms with van der Waals surface area (Å²) in [6.07, 6.45) is 2.12. The molecule has 1 aromatic heterocycles. The zero-order valence-corrected chi connectivity index (χ0v) is 14.0. The second-order valence-electron chi connectivity index (χ2n) is 6.73. The average molecular weight is 305 g/mol. The van der Waals surface area contributed by atoms with E-state index >= 15 is 0 Å².